The molecule has 34 heavy (non-hydrogen) atoms. The minimum absolute atomic E-state index is 0.0129. The van der Waals surface area contributed by atoms with Gasteiger partial charge in [0.25, 0.3) is 0 Å². The summed E-state index contributed by atoms with van der Waals surface area (Å²) in [5, 5.41) is 1.77. The summed E-state index contributed by atoms with van der Waals surface area (Å²) in [7, 11) is -0.865. The smallest absolute Gasteiger partial charge is 0.305 e. The van der Waals surface area contributed by atoms with E-state index >= 15 is 0 Å². The van der Waals surface area contributed by atoms with Gasteiger partial charge in [-0.1, -0.05) is 50.1 Å². The highest BCUT2D eigenvalue weighted by Gasteiger charge is 2.30. The van der Waals surface area contributed by atoms with E-state index in [1.54, 1.807) is 30.2 Å². The van der Waals surface area contributed by atoms with Crippen molar-refractivity contribution >= 4 is 32.5 Å². The van der Waals surface area contributed by atoms with Crippen molar-refractivity contribution < 1.29 is 27.5 Å². The monoisotopic (exact) mass is 491 g/mol. The van der Waals surface area contributed by atoms with Crippen LogP contribution in [0.4, 0.5) is 0 Å². The molecule has 1 amide bonds. The maximum absolute atomic E-state index is 13.5. The normalized spacial score (nSPS) is 12.4. The molecule has 0 aliphatic rings. The highest BCUT2D eigenvalue weighted by atomic mass is 32.2. The fraction of sp³-hybridized carbons (Fsp3) is 0.538. The molecule has 0 radical (unpaired) electrons. The molecule has 0 spiro atoms. The largest absolute Gasteiger partial charge is 0.469 e. The van der Waals surface area contributed by atoms with E-state index in [0.717, 1.165) is 30.0 Å². The zero-order valence-corrected chi connectivity index (χ0v) is 21.3. The van der Waals surface area contributed by atoms with Gasteiger partial charge in [-0.15, -0.1) is 0 Å². The molecule has 0 aliphatic carbocycles. The maximum Gasteiger partial charge on any atom is 0.305 e. The first-order valence-corrected chi connectivity index (χ1v) is 13.5. The lowest BCUT2D eigenvalue weighted by Gasteiger charge is -2.27. The minimum Gasteiger partial charge on any atom is -0.469 e. The van der Waals surface area contributed by atoms with E-state index in [0.29, 0.717) is 26.1 Å². The topological polar surface area (TPSA) is 90.0 Å². The quantitative estimate of drug-likeness (QED) is 0.273. The minimum atomic E-state index is -3.76. The molecule has 0 fully saturated rings. The van der Waals surface area contributed by atoms with E-state index in [1.807, 2.05) is 24.3 Å². The molecule has 188 valence electrons. The molecule has 0 N–H and O–H groups in total. The Kier molecular flexibility index (Phi) is 11.5. The molecule has 2 aromatic rings. The molecule has 2 rings (SSSR count). The number of ether oxygens (including phenoxy) is 2. The van der Waals surface area contributed by atoms with Crippen molar-refractivity contribution in [3.8, 4) is 0 Å². The Morgan fingerprint density at radius 1 is 0.971 bits per heavy atom. The van der Waals surface area contributed by atoms with Crippen LogP contribution in [0.15, 0.2) is 47.4 Å². The summed E-state index contributed by atoms with van der Waals surface area (Å²) < 4.78 is 36.5. The standard InChI is InChI=1S/C26H37NO6S/c1-4-5-8-16-27(17-9-18-32-2)26(29)23(13-15-25(28)33-3)20-34(30,31)24-14-12-21-10-6-7-11-22(21)19-24/h6-7,10-12,14,19,23H,4-5,8-9,13,15-18,20H2,1-3H3. The second kappa shape index (κ2) is 14.1. The van der Waals surface area contributed by atoms with Gasteiger partial charge < -0.3 is 14.4 Å². The Morgan fingerprint density at radius 3 is 2.35 bits per heavy atom. The molecular formula is C26H37NO6S. The molecule has 8 heteroatoms. The van der Waals surface area contributed by atoms with Gasteiger partial charge in [0.1, 0.15) is 0 Å². The van der Waals surface area contributed by atoms with E-state index in [9.17, 15) is 18.0 Å². The van der Waals surface area contributed by atoms with Crippen LogP contribution in [0.1, 0.15) is 45.4 Å². The number of fused-ring (bicyclic) bond motifs is 1. The molecule has 0 aliphatic heterocycles. The summed E-state index contributed by atoms with van der Waals surface area (Å²) in [6.45, 7) is 3.65. The molecule has 7 nitrogen and oxygen atoms in total. The number of benzene rings is 2. The third kappa shape index (κ3) is 8.40. The van der Waals surface area contributed by atoms with Gasteiger partial charge in [0.2, 0.25) is 5.91 Å². The highest BCUT2D eigenvalue weighted by Crippen LogP contribution is 2.24. The molecular weight excluding hydrogens is 454 g/mol. The zero-order valence-electron chi connectivity index (χ0n) is 20.5. The van der Waals surface area contributed by atoms with Crippen LogP contribution >= 0.6 is 0 Å². The molecule has 0 heterocycles. The van der Waals surface area contributed by atoms with Crippen LogP contribution in [0.3, 0.4) is 0 Å². The lowest BCUT2D eigenvalue weighted by Crippen LogP contribution is -2.40. The molecule has 0 bridgehead atoms. The van der Waals surface area contributed by atoms with E-state index in [4.69, 9.17) is 9.47 Å². The van der Waals surface area contributed by atoms with Crippen LogP contribution in [0.25, 0.3) is 10.8 Å². The van der Waals surface area contributed by atoms with Gasteiger partial charge in [0.15, 0.2) is 9.84 Å². The Balaban J connectivity index is 2.28. The number of rotatable bonds is 15. The van der Waals surface area contributed by atoms with E-state index < -0.39 is 21.7 Å². The Morgan fingerprint density at radius 2 is 1.68 bits per heavy atom. The lowest BCUT2D eigenvalue weighted by atomic mass is 10.0. The van der Waals surface area contributed by atoms with Gasteiger partial charge in [-0.05, 0) is 42.2 Å². The third-order valence-corrected chi connectivity index (χ3v) is 7.71. The number of hydrogen-bond acceptors (Lipinski definition) is 6. The summed E-state index contributed by atoms with van der Waals surface area (Å²) in [6.07, 6.45) is 3.61. The molecule has 0 saturated heterocycles. The maximum atomic E-state index is 13.5. The van der Waals surface area contributed by atoms with Crippen LogP contribution in [0, 0.1) is 5.92 Å². The number of unbranched alkanes of at least 4 members (excludes halogenated alkanes) is 2. The molecule has 2 aromatic carbocycles. The summed E-state index contributed by atoms with van der Waals surface area (Å²) in [5.74, 6) is -1.88. The van der Waals surface area contributed by atoms with Crippen molar-refractivity contribution in [1.82, 2.24) is 4.90 Å². The van der Waals surface area contributed by atoms with E-state index in [2.05, 4.69) is 6.92 Å². The Bertz CT molecular complexity index is 1030. The number of nitrogens with zero attached hydrogens (tertiary/aromatic N) is 1. The number of amides is 1. The predicted octanol–water partition coefficient (Wildman–Crippen LogP) is 4.24. The van der Waals surface area contributed by atoms with E-state index in [1.165, 1.54) is 7.11 Å². The second-order valence-corrected chi connectivity index (χ2v) is 10.5. The number of carbonyl (C=O) groups excluding carboxylic acids is 2. The van der Waals surface area contributed by atoms with Crippen molar-refractivity contribution in [2.45, 2.75) is 50.3 Å². The fourth-order valence-corrected chi connectivity index (χ4v) is 5.55. The first-order valence-electron chi connectivity index (χ1n) is 11.9. The van der Waals surface area contributed by atoms with Crippen molar-refractivity contribution in [1.29, 1.82) is 0 Å². The first-order chi connectivity index (χ1) is 16.3. The number of sulfone groups is 1. The van der Waals surface area contributed by atoms with E-state index in [-0.39, 0.29) is 29.4 Å². The van der Waals surface area contributed by atoms with Crippen LogP contribution in [0.5, 0.6) is 0 Å². The van der Waals surface area contributed by atoms with Crippen molar-refractivity contribution in [3.05, 3.63) is 42.5 Å². The Labute approximate surface area is 203 Å². The lowest BCUT2D eigenvalue weighted by molar-refractivity contribution is -0.141. The SMILES string of the molecule is CCCCCN(CCCOC)C(=O)C(CCC(=O)OC)CS(=O)(=O)c1ccc2ccccc2c1. The van der Waals surface area contributed by atoms with Gasteiger partial charge >= 0.3 is 5.97 Å². The third-order valence-electron chi connectivity index (χ3n) is 5.89. The van der Waals surface area contributed by atoms with Crippen LogP contribution in [0.2, 0.25) is 0 Å². The first kappa shape index (κ1) is 27.8. The van der Waals surface area contributed by atoms with Crippen molar-refractivity contribution in [2.24, 2.45) is 5.92 Å². The van der Waals surface area contributed by atoms with Crippen LogP contribution in [-0.4, -0.2) is 64.9 Å². The summed E-state index contributed by atoms with van der Waals surface area (Å²) >= 11 is 0. The van der Waals surface area contributed by atoms with Crippen LogP contribution in [-0.2, 0) is 28.9 Å². The fourth-order valence-electron chi connectivity index (χ4n) is 3.94. The highest BCUT2D eigenvalue weighted by molar-refractivity contribution is 7.91. The van der Waals surface area contributed by atoms with Gasteiger partial charge in [-0.2, -0.15) is 0 Å². The average molecular weight is 492 g/mol. The number of esters is 1. The predicted molar refractivity (Wildman–Crippen MR) is 133 cm³/mol. The van der Waals surface area contributed by atoms with Gasteiger partial charge in [0.05, 0.1) is 23.7 Å². The Hall–Kier alpha value is -2.45. The second-order valence-electron chi connectivity index (χ2n) is 8.48. The van der Waals surface area contributed by atoms with Gasteiger partial charge in [0, 0.05) is 33.2 Å². The zero-order chi connectivity index (χ0) is 25.0. The van der Waals surface area contributed by atoms with Gasteiger partial charge in [-0.25, -0.2) is 8.42 Å². The molecule has 0 saturated carbocycles. The number of methoxy groups -OCH3 is 2. The van der Waals surface area contributed by atoms with Gasteiger partial charge in [-0.3, -0.25) is 9.59 Å². The number of hydrogen-bond donors (Lipinski definition) is 0. The molecule has 1 unspecified atom stereocenters. The van der Waals surface area contributed by atoms with Crippen molar-refractivity contribution in [2.75, 3.05) is 39.7 Å². The summed E-state index contributed by atoms with van der Waals surface area (Å²) in [4.78, 5) is 27.2. The number of carbonyl (C=O) groups is 2. The average Bonchev–Trinajstić information content (AvgIpc) is 2.84. The molecule has 1 atom stereocenters. The summed E-state index contributed by atoms with van der Waals surface area (Å²) in [6, 6.07) is 12.5. The summed E-state index contributed by atoms with van der Waals surface area (Å²) in [5.41, 5.74) is 0. The van der Waals surface area contributed by atoms with Crippen LogP contribution < -0.4 is 0 Å². The molecule has 0 aromatic heterocycles. The van der Waals surface area contributed by atoms with Crippen molar-refractivity contribution in [3.63, 3.8) is 0 Å².